The largest absolute Gasteiger partial charge is 0.507 e. The number of fused-ring (bicyclic) bond motifs is 4. The summed E-state index contributed by atoms with van der Waals surface area (Å²) in [5.74, 6) is -4.47. The summed E-state index contributed by atoms with van der Waals surface area (Å²) in [4.78, 5) is 30.5. The van der Waals surface area contributed by atoms with Gasteiger partial charge in [0.2, 0.25) is 11.6 Å². The van der Waals surface area contributed by atoms with E-state index in [0.717, 1.165) is 23.3 Å². The van der Waals surface area contributed by atoms with Gasteiger partial charge in [0, 0.05) is 11.5 Å². The molecular formula is C40H41F3N2O7Si. The topological polar surface area (TPSA) is 134 Å². The van der Waals surface area contributed by atoms with Crippen LogP contribution in [0.3, 0.4) is 0 Å². The van der Waals surface area contributed by atoms with Crippen LogP contribution < -0.4 is 15.2 Å². The van der Waals surface area contributed by atoms with Crippen LogP contribution in [0.5, 0.6) is 11.6 Å². The van der Waals surface area contributed by atoms with Crippen LogP contribution in [-0.4, -0.2) is 35.7 Å². The molecule has 13 heteroatoms. The summed E-state index contributed by atoms with van der Waals surface area (Å²) in [5, 5.41) is 15.7. The van der Waals surface area contributed by atoms with Crippen molar-refractivity contribution < 1.29 is 46.3 Å². The number of benzene rings is 3. The summed E-state index contributed by atoms with van der Waals surface area (Å²) >= 11 is 0. The van der Waals surface area contributed by atoms with E-state index < -0.39 is 65.9 Å². The molecule has 0 saturated heterocycles. The van der Waals surface area contributed by atoms with E-state index in [-0.39, 0.29) is 65.7 Å². The Labute approximate surface area is 306 Å². The number of ketones is 2. The zero-order chi connectivity index (χ0) is 38.1. The lowest BCUT2D eigenvalue weighted by Crippen LogP contribution is -2.68. The third-order valence-electron chi connectivity index (χ3n) is 11.2. The number of alkyl halides is 3. The van der Waals surface area contributed by atoms with Crippen LogP contribution >= 0.6 is 0 Å². The average Bonchev–Trinajstić information content (AvgIpc) is 3.53. The molecule has 0 spiro atoms. The molecule has 0 amide bonds. The van der Waals surface area contributed by atoms with Crippen LogP contribution in [0.4, 0.5) is 13.2 Å². The minimum absolute atomic E-state index is 0.00533. The first-order valence-corrected chi connectivity index (χ1v) is 20.4. The van der Waals surface area contributed by atoms with E-state index in [0.29, 0.717) is 0 Å². The van der Waals surface area contributed by atoms with Crippen molar-refractivity contribution in [3.8, 4) is 11.6 Å². The van der Waals surface area contributed by atoms with Crippen molar-refractivity contribution >= 4 is 25.6 Å². The summed E-state index contributed by atoms with van der Waals surface area (Å²) < 4.78 is 68.3. The fourth-order valence-electron chi connectivity index (χ4n) is 7.54. The zero-order valence-corrected chi connectivity index (χ0v) is 31.0. The Morgan fingerprint density at radius 2 is 1.51 bits per heavy atom. The van der Waals surface area contributed by atoms with E-state index in [1.54, 1.807) is 24.3 Å². The maximum Gasteiger partial charge on any atom is 0.416 e. The lowest BCUT2D eigenvalue weighted by atomic mass is 9.57. The summed E-state index contributed by atoms with van der Waals surface area (Å²) in [6.07, 6.45) is -5.09. The highest BCUT2D eigenvalue weighted by Gasteiger charge is 2.68. The molecule has 1 saturated carbocycles. The van der Waals surface area contributed by atoms with E-state index >= 15 is 9.59 Å². The number of carbonyl (C=O) groups is 2. The molecule has 7 rings (SSSR count). The summed E-state index contributed by atoms with van der Waals surface area (Å²) in [7, 11) is -3.02. The van der Waals surface area contributed by atoms with Crippen LogP contribution in [0.25, 0.3) is 5.76 Å². The molecule has 3 aliphatic carbocycles. The second kappa shape index (κ2) is 13.0. The van der Waals surface area contributed by atoms with E-state index in [4.69, 9.17) is 24.2 Å². The van der Waals surface area contributed by atoms with Crippen LogP contribution in [-0.2, 0) is 35.0 Å². The first-order chi connectivity index (χ1) is 25.0. The SMILES string of the molecule is CC(C)(C)[Si](C)(C)OC12C(=O)C3=C(O)c4c(OCc5ccccc5)ccc(C(F)(F)F)c4C[C@H]3C[C@H]1[C@H](N)c1onc(OCc3ccccc3)c1C2=O. The molecule has 1 fully saturated rings. The second-order valence-electron chi connectivity index (χ2n) is 15.5. The third-order valence-corrected chi connectivity index (χ3v) is 15.7. The molecule has 3 aliphatic rings. The van der Waals surface area contributed by atoms with Gasteiger partial charge in [-0.15, -0.1) is 0 Å². The summed E-state index contributed by atoms with van der Waals surface area (Å²) in [6, 6.07) is 19.2. The molecule has 53 heavy (non-hydrogen) atoms. The normalized spacial score (nSPS) is 22.8. The number of nitrogens with two attached hydrogens (primary N) is 1. The van der Waals surface area contributed by atoms with Crippen LogP contribution in [0.1, 0.15) is 77.2 Å². The minimum atomic E-state index is -4.77. The molecule has 4 atom stereocenters. The summed E-state index contributed by atoms with van der Waals surface area (Å²) in [6.45, 7) is 9.68. The van der Waals surface area contributed by atoms with Gasteiger partial charge in [-0.1, -0.05) is 81.4 Å². The Balaban J connectivity index is 1.39. The molecule has 1 heterocycles. The monoisotopic (exact) mass is 746 g/mol. The van der Waals surface area contributed by atoms with Crippen molar-refractivity contribution in [3.05, 3.63) is 118 Å². The highest BCUT2D eigenvalue weighted by atomic mass is 28.4. The number of nitrogens with zero attached hydrogens (tertiary/aromatic N) is 1. The Morgan fingerprint density at radius 3 is 2.09 bits per heavy atom. The van der Waals surface area contributed by atoms with Gasteiger partial charge in [0.15, 0.2) is 19.7 Å². The number of aromatic nitrogens is 1. The number of hydrogen-bond donors (Lipinski definition) is 2. The molecule has 0 radical (unpaired) electrons. The average molecular weight is 747 g/mol. The van der Waals surface area contributed by atoms with E-state index in [1.165, 1.54) is 0 Å². The number of aliphatic hydroxyl groups excluding tert-OH is 1. The number of ether oxygens (including phenoxy) is 2. The van der Waals surface area contributed by atoms with Crippen LogP contribution in [0.15, 0.2) is 82.9 Å². The van der Waals surface area contributed by atoms with E-state index in [1.807, 2.05) is 70.3 Å². The lowest BCUT2D eigenvalue weighted by molar-refractivity contribution is -0.138. The van der Waals surface area contributed by atoms with Gasteiger partial charge in [-0.3, -0.25) is 9.59 Å². The van der Waals surface area contributed by atoms with E-state index in [9.17, 15) is 18.3 Å². The van der Waals surface area contributed by atoms with Gasteiger partial charge in [-0.2, -0.15) is 13.2 Å². The van der Waals surface area contributed by atoms with Gasteiger partial charge in [-0.25, -0.2) is 0 Å². The number of aliphatic hydroxyl groups is 1. The minimum Gasteiger partial charge on any atom is -0.507 e. The van der Waals surface area contributed by atoms with Crippen molar-refractivity contribution in [2.24, 2.45) is 17.6 Å². The molecule has 278 valence electrons. The van der Waals surface area contributed by atoms with Gasteiger partial charge in [0.25, 0.3) is 5.88 Å². The molecule has 3 N–H and O–H groups in total. The molecule has 0 bridgehead atoms. The fourth-order valence-corrected chi connectivity index (χ4v) is 8.99. The standard InChI is InChI=1S/C40H41F3N2O7Si/c1-38(2,3)53(4,5)52-39-27(32(44)34-31(36(39)48)37(45-51-34)50-21-23-14-10-7-11-15-23)19-24-18-25-26(40(41,42)43)16-17-28(30(25)33(46)29(24)35(39)47)49-20-22-12-8-6-9-13-22/h6-17,24,27,32,46H,18-21,44H2,1-5H3/t24-,27-,32-,39?/m0/s1. The Morgan fingerprint density at radius 1 is 0.906 bits per heavy atom. The van der Waals surface area contributed by atoms with Gasteiger partial charge in [0.1, 0.15) is 30.3 Å². The van der Waals surface area contributed by atoms with Crippen molar-refractivity contribution in [1.82, 2.24) is 5.16 Å². The number of hydrogen-bond acceptors (Lipinski definition) is 9. The quantitative estimate of drug-likeness (QED) is 0.134. The van der Waals surface area contributed by atoms with Gasteiger partial charge >= 0.3 is 6.18 Å². The van der Waals surface area contributed by atoms with Crippen molar-refractivity contribution in [2.45, 2.75) is 82.8 Å². The molecule has 9 nitrogen and oxygen atoms in total. The van der Waals surface area contributed by atoms with Crippen LogP contribution in [0, 0.1) is 11.8 Å². The predicted octanol–water partition coefficient (Wildman–Crippen LogP) is 8.54. The summed E-state index contributed by atoms with van der Waals surface area (Å²) in [5.41, 5.74) is 4.47. The van der Waals surface area contributed by atoms with Gasteiger partial charge in [-0.05, 0) is 70.9 Å². The number of halogens is 3. The molecule has 1 unspecified atom stereocenters. The smallest absolute Gasteiger partial charge is 0.416 e. The van der Waals surface area contributed by atoms with Crippen molar-refractivity contribution in [3.63, 3.8) is 0 Å². The second-order valence-corrected chi connectivity index (χ2v) is 20.3. The maximum absolute atomic E-state index is 15.3. The first kappa shape index (κ1) is 36.6. The molecule has 1 aromatic heterocycles. The maximum atomic E-state index is 15.3. The lowest BCUT2D eigenvalue weighted by Gasteiger charge is -2.53. The Hall–Kier alpha value is -4.72. The van der Waals surface area contributed by atoms with Crippen molar-refractivity contribution in [2.75, 3.05) is 0 Å². The third kappa shape index (κ3) is 6.08. The number of Topliss-reactive ketones (excluding diaryl/α,β-unsaturated/α-hetero) is 2. The molecule has 3 aromatic carbocycles. The van der Waals surface area contributed by atoms with Crippen LogP contribution in [0.2, 0.25) is 18.1 Å². The zero-order valence-electron chi connectivity index (χ0n) is 30.0. The molecule has 4 aromatic rings. The van der Waals surface area contributed by atoms with Crippen molar-refractivity contribution in [1.29, 1.82) is 0 Å². The highest BCUT2D eigenvalue weighted by molar-refractivity contribution is 6.74. The first-order valence-electron chi connectivity index (χ1n) is 17.5. The fraction of sp³-hybridized carbons (Fsp3) is 0.375. The predicted molar refractivity (Wildman–Crippen MR) is 192 cm³/mol. The van der Waals surface area contributed by atoms with E-state index in [2.05, 4.69) is 5.16 Å². The Bertz CT molecular complexity index is 2110. The highest BCUT2D eigenvalue weighted by Crippen LogP contribution is 2.58. The molecular weight excluding hydrogens is 706 g/mol. The Kier molecular flexibility index (Phi) is 8.98. The number of rotatable bonds is 8. The van der Waals surface area contributed by atoms with Gasteiger partial charge in [0.05, 0.1) is 17.2 Å². The van der Waals surface area contributed by atoms with Gasteiger partial charge < -0.3 is 29.3 Å². The number of carbonyl (C=O) groups excluding carboxylic acids is 2. The molecule has 0 aliphatic heterocycles.